The van der Waals surface area contributed by atoms with Crippen molar-refractivity contribution in [1.29, 1.82) is 0 Å². The zero-order valence-corrected chi connectivity index (χ0v) is 16.2. The fourth-order valence-electron chi connectivity index (χ4n) is 3.36. The molecule has 1 saturated heterocycles. The summed E-state index contributed by atoms with van der Waals surface area (Å²) in [6, 6.07) is 30.1. The SMILES string of the molecule is O=C1NC(=NCc2ccccc2)[C@H](NCc2ccccc2)N1Cc1ccccc1. The summed E-state index contributed by atoms with van der Waals surface area (Å²) < 4.78 is 0. The van der Waals surface area contributed by atoms with Crippen molar-refractivity contribution in [2.24, 2.45) is 4.99 Å². The molecule has 5 heteroatoms. The van der Waals surface area contributed by atoms with Crippen molar-refractivity contribution in [2.45, 2.75) is 25.8 Å². The molecule has 0 bridgehead atoms. The fraction of sp³-hybridized carbons (Fsp3) is 0.167. The van der Waals surface area contributed by atoms with E-state index in [2.05, 4.69) is 22.8 Å². The summed E-state index contributed by atoms with van der Waals surface area (Å²) in [6.45, 7) is 1.69. The third-order valence-corrected chi connectivity index (χ3v) is 4.88. The third-order valence-electron chi connectivity index (χ3n) is 4.88. The van der Waals surface area contributed by atoms with Gasteiger partial charge in [-0.1, -0.05) is 91.0 Å². The Kier molecular flexibility index (Phi) is 5.98. The van der Waals surface area contributed by atoms with Crippen molar-refractivity contribution >= 4 is 11.9 Å². The van der Waals surface area contributed by atoms with E-state index in [9.17, 15) is 4.79 Å². The molecule has 146 valence electrons. The van der Waals surface area contributed by atoms with Crippen molar-refractivity contribution in [3.05, 3.63) is 108 Å². The largest absolute Gasteiger partial charge is 0.324 e. The number of amidine groups is 1. The van der Waals surface area contributed by atoms with E-state index in [0.717, 1.165) is 16.7 Å². The molecule has 0 aromatic heterocycles. The Morgan fingerprint density at radius 3 is 1.97 bits per heavy atom. The van der Waals surface area contributed by atoms with Crippen molar-refractivity contribution in [2.75, 3.05) is 0 Å². The predicted molar refractivity (Wildman–Crippen MR) is 115 cm³/mol. The number of nitrogens with one attached hydrogen (secondary N) is 2. The molecule has 1 aliphatic heterocycles. The van der Waals surface area contributed by atoms with Gasteiger partial charge in [0.1, 0.15) is 12.0 Å². The van der Waals surface area contributed by atoms with Crippen LogP contribution < -0.4 is 10.6 Å². The van der Waals surface area contributed by atoms with Gasteiger partial charge in [0.25, 0.3) is 0 Å². The Morgan fingerprint density at radius 1 is 0.793 bits per heavy atom. The second kappa shape index (κ2) is 9.17. The molecule has 3 aromatic rings. The van der Waals surface area contributed by atoms with Gasteiger partial charge in [-0.2, -0.15) is 0 Å². The van der Waals surface area contributed by atoms with Crippen LogP contribution in [0.1, 0.15) is 16.7 Å². The van der Waals surface area contributed by atoms with Crippen LogP contribution in [0.25, 0.3) is 0 Å². The summed E-state index contributed by atoms with van der Waals surface area (Å²) in [5, 5.41) is 6.45. The standard InChI is InChI=1S/C24H24N4O/c29-24-27-22(25-16-19-10-4-1-5-11-19)23(26-17-20-12-6-2-7-13-20)28(24)18-21-14-8-3-9-15-21/h1-15,23,26H,16-18H2,(H,25,27,29)/t23-/m1/s1. The lowest BCUT2D eigenvalue weighted by Gasteiger charge is -2.24. The van der Waals surface area contributed by atoms with Gasteiger partial charge in [0, 0.05) is 13.1 Å². The number of benzene rings is 3. The molecule has 0 spiro atoms. The van der Waals surface area contributed by atoms with E-state index in [-0.39, 0.29) is 12.2 Å². The van der Waals surface area contributed by atoms with Gasteiger partial charge in [0.15, 0.2) is 0 Å². The second-order valence-corrected chi connectivity index (χ2v) is 7.00. The average Bonchev–Trinajstić information content (AvgIpc) is 3.07. The highest BCUT2D eigenvalue weighted by Crippen LogP contribution is 2.15. The molecule has 29 heavy (non-hydrogen) atoms. The Labute approximate surface area is 171 Å². The van der Waals surface area contributed by atoms with Gasteiger partial charge in [-0.05, 0) is 16.7 Å². The summed E-state index contributed by atoms with van der Waals surface area (Å²) >= 11 is 0. The number of carbonyl (C=O) groups excluding carboxylic acids is 1. The Bertz CT molecular complexity index is 958. The van der Waals surface area contributed by atoms with Crippen LogP contribution in [-0.4, -0.2) is 22.9 Å². The molecule has 0 saturated carbocycles. The molecule has 0 radical (unpaired) electrons. The molecular weight excluding hydrogens is 360 g/mol. The summed E-state index contributed by atoms with van der Waals surface area (Å²) in [4.78, 5) is 19.2. The number of hydrogen-bond acceptors (Lipinski definition) is 3. The molecule has 0 unspecified atom stereocenters. The highest BCUT2D eigenvalue weighted by molar-refractivity contribution is 6.06. The monoisotopic (exact) mass is 384 g/mol. The first-order valence-electron chi connectivity index (χ1n) is 9.77. The van der Waals surface area contributed by atoms with E-state index in [4.69, 9.17) is 4.99 Å². The van der Waals surface area contributed by atoms with E-state index in [1.165, 1.54) is 0 Å². The Morgan fingerprint density at radius 2 is 1.34 bits per heavy atom. The zero-order valence-electron chi connectivity index (χ0n) is 16.2. The third kappa shape index (κ3) is 4.89. The summed E-state index contributed by atoms with van der Waals surface area (Å²) in [7, 11) is 0. The lowest BCUT2D eigenvalue weighted by molar-refractivity contribution is 0.195. The number of urea groups is 1. The minimum atomic E-state index is -0.299. The van der Waals surface area contributed by atoms with Crippen LogP contribution in [0.2, 0.25) is 0 Å². The van der Waals surface area contributed by atoms with E-state index < -0.39 is 0 Å². The van der Waals surface area contributed by atoms with E-state index in [1.54, 1.807) is 4.90 Å². The molecule has 1 fully saturated rings. The number of amides is 2. The number of nitrogens with zero attached hydrogens (tertiary/aromatic N) is 2. The van der Waals surface area contributed by atoms with Crippen molar-refractivity contribution in [3.63, 3.8) is 0 Å². The van der Waals surface area contributed by atoms with E-state index >= 15 is 0 Å². The quantitative estimate of drug-likeness (QED) is 0.649. The Balaban J connectivity index is 1.54. The highest BCUT2D eigenvalue weighted by atomic mass is 16.2. The maximum Gasteiger partial charge on any atom is 0.324 e. The zero-order chi connectivity index (χ0) is 19.9. The Hall–Kier alpha value is -3.44. The first kappa shape index (κ1) is 18.9. The molecule has 1 atom stereocenters. The lowest BCUT2D eigenvalue weighted by Crippen LogP contribution is -2.45. The fourth-order valence-corrected chi connectivity index (χ4v) is 3.36. The second-order valence-electron chi connectivity index (χ2n) is 7.00. The van der Waals surface area contributed by atoms with Gasteiger partial charge in [-0.15, -0.1) is 0 Å². The topological polar surface area (TPSA) is 56.7 Å². The molecule has 0 aliphatic carbocycles. The summed E-state index contributed by atoms with van der Waals surface area (Å²) in [5.74, 6) is 0.658. The first-order valence-corrected chi connectivity index (χ1v) is 9.77. The smallest absolute Gasteiger partial charge is 0.297 e. The van der Waals surface area contributed by atoms with Crippen molar-refractivity contribution in [3.8, 4) is 0 Å². The lowest BCUT2D eigenvalue weighted by atomic mass is 10.2. The van der Waals surface area contributed by atoms with Gasteiger partial charge >= 0.3 is 6.03 Å². The first-order chi connectivity index (χ1) is 14.3. The van der Waals surface area contributed by atoms with Crippen molar-refractivity contribution < 1.29 is 4.79 Å². The molecule has 2 amide bonds. The van der Waals surface area contributed by atoms with Crippen molar-refractivity contribution in [1.82, 2.24) is 15.5 Å². The molecule has 4 rings (SSSR count). The number of carbonyl (C=O) groups is 1. The van der Waals surface area contributed by atoms with Crippen LogP contribution in [0.5, 0.6) is 0 Å². The van der Waals surface area contributed by atoms with Gasteiger partial charge in [-0.25, -0.2) is 4.79 Å². The van der Waals surface area contributed by atoms with Crippen LogP contribution in [0, 0.1) is 0 Å². The van der Waals surface area contributed by atoms with E-state index in [1.807, 2.05) is 78.9 Å². The van der Waals surface area contributed by atoms with Gasteiger partial charge in [0.05, 0.1) is 6.54 Å². The maximum absolute atomic E-state index is 12.7. The minimum Gasteiger partial charge on any atom is -0.297 e. The van der Waals surface area contributed by atoms with Crippen LogP contribution in [0.3, 0.4) is 0 Å². The molecule has 2 N–H and O–H groups in total. The van der Waals surface area contributed by atoms with Crippen LogP contribution in [0.4, 0.5) is 4.79 Å². The number of hydrogen-bond donors (Lipinski definition) is 2. The van der Waals surface area contributed by atoms with Crippen LogP contribution >= 0.6 is 0 Å². The van der Waals surface area contributed by atoms with Gasteiger partial charge < -0.3 is 0 Å². The normalized spacial score (nSPS) is 17.5. The summed E-state index contributed by atoms with van der Waals surface area (Å²) in [6.07, 6.45) is -0.299. The highest BCUT2D eigenvalue weighted by Gasteiger charge is 2.36. The molecule has 3 aromatic carbocycles. The number of rotatable bonds is 7. The van der Waals surface area contributed by atoms with Gasteiger partial charge in [-0.3, -0.25) is 20.5 Å². The maximum atomic E-state index is 12.7. The van der Waals surface area contributed by atoms with Crippen LogP contribution in [0.15, 0.2) is 96.0 Å². The van der Waals surface area contributed by atoms with Crippen LogP contribution in [-0.2, 0) is 19.6 Å². The number of aliphatic imine (C=N–C) groups is 1. The molecule has 1 heterocycles. The minimum absolute atomic E-state index is 0.133. The predicted octanol–water partition coefficient (Wildman–Crippen LogP) is 3.93. The molecular formula is C24H24N4O. The molecule has 5 nitrogen and oxygen atoms in total. The summed E-state index contributed by atoms with van der Waals surface area (Å²) in [5.41, 5.74) is 3.35. The average molecular weight is 384 g/mol. The van der Waals surface area contributed by atoms with Gasteiger partial charge in [0.2, 0.25) is 0 Å². The van der Waals surface area contributed by atoms with E-state index in [0.29, 0.717) is 25.5 Å². The molecule has 1 aliphatic rings.